The zero-order chi connectivity index (χ0) is 24.2. The van der Waals surface area contributed by atoms with Gasteiger partial charge in [0.1, 0.15) is 5.75 Å². The standard InChI is InChI=1S/C19H15Cl2F5N2O4/c1-2-31-16(30)17(18(22,23)24,28-15(29)11-4-3-5-12(20)10-11)27-13-6-8-14(9-7-13)32-19(21,25)26/h3-10,27H,2H2,1H3,(H,28,29). The third-order valence-electron chi connectivity index (χ3n) is 3.81. The number of amides is 1. The Morgan fingerprint density at radius 1 is 1.03 bits per heavy atom. The minimum absolute atomic E-state index is 0.0750. The molecule has 0 saturated carbocycles. The van der Waals surface area contributed by atoms with Crippen LogP contribution in [-0.4, -0.2) is 35.9 Å². The van der Waals surface area contributed by atoms with Crippen LogP contribution in [0.3, 0.4) is 0 Å². The highest BCUT2D eigenvalue weighted by atomic mass is 35.5. The van der Waals surface area contributed by atoms with Gasteiger partial charge in [-0.3, -0.25) is 4.79 Å². The van der Waals surface area contributed by atoms with Gasteiger partial charge in [0.15, 0.2) is 0 Å². The van der Waals surface area contributed by atoms with Gasteiger partial charge in [-0.2, -0.15) is 13.2 Å². The van der Waals surface area contributed by atoms with Crippen LogP contribution >= 0.6 is 23.2 Å². The van der Waals surface area contributed by atoms with Gasteiger partial charge in [-0.1, -0.05) is 17.7 Å². The summed E-state index contributed by atoms with van der Waals surface area (Å²) in [5, 5.41) is 3.58. The number of carbonyl (C=O) groups is 2. The first kappa shape index (κ1) is 25.5. The fourth-order valence-electron chi connectivity index (χ4n) is 2.46. The lowest BCUT2D eigenvalue weighted by Gasteiger charge is -2.35. The predicted octanol–water partition coefficient (Wildman–Crippen LogP) is 5.17. The second-order valence-electron chi connectivity index (χ2n) is 6.13. The molecular formula is C19H15Cl2F5N2O4. The molecule has 2 N–H and O–H groups in total. The number of esters is 1. The highest BCUT2D eigenvalue weighted by Crippen LogP contribution is 2.34. The number of benzene rings is 2. The van der Waals surface area contributed by atoms with Crippen molar-refractivity contribution in [1.29, 1.82) is 0 Å². The summed E-state index contributed by atoms with van der Waals surface area (Å²) in [6.07, 6.45) is -5.40. The molecule has 13 heteroatoms. The molecule has 174 valence electrons. The molecule has 0 heterocycles. The van der Waals surface area contributed by atoms with Gasteiger partial charge in [0, 0.05) is 27.9 Å². The molecule has 0 aliphatic rings. The van der Waals surface area contributed by atoms with Crippen molar-refractivity contribution in [2.75, 3.05) is 11.9 Å². The van der Waals surface area contributed by atoms with Crippen LogP contribution in [0, 0.1) is 0 Å². The molecule has 0 aliphatic carbocycles. The van der Waals surface area contributed by atoms with Gasteiger partial charge in [-0.15, -0.1) is 8.78 Å². The second-order valence-corrected chi connectivity index (χ2v) is 7.01. The quantitative estimate of drug-likeness (QED) is 0.226. The van der Waals surface area contributed by atoms with Crippen molar-refractivity contribution in [3.05, 3.63) is 59.1 Å². The number of carbonyl (C=O) groups excluding carboxylic acids is 2. The molecule has 0 saturated heterocycles. The molecule has 6 nitrogen and oxygen atoms in total. The zero-order valence-electron chi connectivity index (χ0n) is 16.1. The molecular weight excluding hydrogens is 486 g/mol. The van der Waals surface area contributed by atoms with E-state index in [1.54, 1.807) is 5.32 Å². The molecule has 2 aromatic rings. The maximum absolute atomic E-state index is 14.1. The number of hydrogen-bond acceptors (Lipinski definition) is 5. The number of hydrogen-bond donors (Lipinski definition) is 2. The van der Waals surface area contributed by atoms with Gasteiger partial charge in [0.2, 0.25) is 0 Å². The summed E-state index contributed by atoms with van der Waals surface area (Å²) in [4.78, 5) is 25.0. The number of halogens is 7. The molecule has 2 rings (SSSR count). The van der Waals surface area contributed by atoms with Crippen molar-refractivity contribution >= 4 is 40.8 Å². The maximum Gasteiger partial charge on any atom is 0.487 e. The van der Waals surface area contributed by atoms with Crippen LogP contribution in [0.5, 0.6) is 5.75 Å². The molecule has 1 amide bonds. The van der Waals surface area contributed by atoms with Gasteiger partial charge >= 0.3 is 23.4 Å². The van der Waals surface area contributed by atoms with Crippen molar-refractivity contribution < 1.29 is 41.0 Å². The van der Waals surface area contributed by atoms with E-state index in [0.717, 1.165) is 30.3 Å². The van der Waals surface area contributed by atoms with Gasteiger partial charge in [-0.25, -0.2) is 4.79 Å². The summed E-state index contributed by atoms with van der Waals surface area (Å²) in [6, 6.07) is 8.58. The van der Waals surface area contributed by atoms with E-state index in [-0.39, 0.29) is 16.3 Å². The first-order chi connectivity index (χ1) is 14.8. The average molecular weight is 501 g/mol. The lowest BCUT2D eigenvalue weighted by molar-refractivity contribution is -0.204. The van der Waals surface area contributed by atoms with E-state index in [1.165, 1.54) is 25.1 Å². The molecule has 32 heavy (non-hydrogen) atoms. The lowest BCUT2D eigenvalue weighted by Crippen LogP contribution is -2.69. The monoisotopic (exact) mass is 500 g/mol. The van der Waals surface area contributed by atoms with Crippen LogP contribution in [0.2, 0.25) is 5.02 Å². The Hall–Kier alpha value is -2.79. The van der Waals surface area contributed by atoms with Crippen LogP contribution in [0.25, 0.3) is 0 Å². The molecule has 1 unspecified atom stereocenters. The molecule has 1 atom stereocenters. The number of alkyl halides is 6. The van der Waals surface area contributed by atoms with E-state index >= 15 is 0 Å². The highest BCUT2D eigenvalue weighted by Gasteiger charge is 2.63. The van der Waals surface area contributed by atoms with Crippen LogP contribution < -0.4 is 15.4 Å². The Labute approximate surface area is 188 Å². The summed E-state index contributed by atoms with van der Waals surface area (Å²) in [6.45, 7) is 0.846. The lowest BCUT2D eigenvalue weighted by atomic mass is 10.1. The van der Waals surface area contributed by atoms with Gasteiger partial charge in [0.05, 0.1) is 6.61 Å². The highest BCUT2D eigenvalue weighted by molar-refractivity contribution is 6.31. The van der Waals surface area contributed by atoms with Crippen molar-refractivity contribution in [1.82, 2.24) is 5.32 Å². The first-order valence-corrected chi connectivity index (χ1v) is 9.49. The summed E-state index contributed by atoms with van der Waals surface area (Å²) < 4.78 is 76.5. The molecule has 0 radical (unpaired) electrons. The Balaban J connectivity index is 2.45. The van der Waals surface area contributed by atoms with Gasteiger partial charge in [0.25, 0.3) is 5.91 Å². The number of ether oxygens (including phenoxy) is 2. The topological polar surface area (TPSA) is 76.7 Å². The van der Waals surface area contributed by atoms with Gasteiger partial charge < -0.3 is 20.1 Å². The van der Waals surface area contributed by atoms with Crippen LogP contribution in [0.15, 0.2) is 48.5 Å². The largest absolute Gasteiger partial charge is 0.487 e. The van der Waals surface area contributed by atoms with E-state index < -0.39 is 41.6 Å². The first-order valence-electron chi connectivity index (χ1n) is 8.73. The van der Waals surface area contributed by atoms with Crippen molar-refractivity contribution in [3.8, 4) is 5.75 Å². The smallest absolute Gasteiger partial charge is 0.463 e. The summed E-state index contributed by atoms with van der Waals surface area (Å²) in [7, 11) is 0. The number of anilines is 1. The summed E-state index contributed by atoms with van der Waals surface area (Å²) in [5.41, 5.74) is -8.40. The van der Waals surface area contributed by atoms with Gasteiger partial charge in [-0.05, 0) is 49.4 Å². The van der Waals surface area contributed by atoms with Crippen molar-refractivity contribution in [3.63, 3.8) is 0 Å². The van der Waals surface area contributed by atoms with E-state index in [9.17, 15) is 31.5 Å². The molecule has 2 aromatic carbocycles. The third-order valence-corrected chi connectivity index (χ3v) is 4.13. The third kappa shape index (κ3) is 6.36. The maximum atomic E-state index is 14.1. The van der Waals surface area contributed by atoms with Crippen molar-refractivity contribution in [2.24, 2.45) is 0 Å². The summed E-state index contributed by atoms with van der Waals surface area (Å²) >= 11 is 10.4. The Kier molecular flexibility index (Phi) is 7.79. The molecule has 0 aliphatic heterocycles. The minimum Gasteiger partial charge on any atom is -0.463 e. The number of rotatable bonds is 8. The van der Waals surface area contributed by atoms with Crippen LogP contribution in [-0.2, 0) is 9.53 Å². The average Bonchev–Trinajstić information content (AvgIpc) is 2.67. The van der Waals surface area contributed by atoms with E-state index in [1.807, 2.05) is 5.32 Å². The van der Waals surface area contributed by atoms with Crippen LogP contribution in [0.1, 0.15) is 17.3 Å². The molecule has 0 spiro atoms. The predicted molar refractivity (Wildman–Crippen MR) is 106 cm³/mol. The SMILES string of the molecule is CCOC(=O)C(NC(=O)c1cccc(Cl)c1)(Nc1ccc(OC(F)(F)Cl)cc1)C(F)(F)F. The normalized spacial score (nSPS) is 13.6. The minimum atomic E-state index is -5.40. The van der Waals surface area contributed by atoms with Crippen LogP contribution in [0.4, 0.5) is 27.6 Å². The molecule has 0 bridgehead atoms. The zero-order valence-corrected chi connectivity index (χ0v) is 17.6. The fraction of sp³-hybridized carbons (Fsp3) is 0.263. The molecule has 0 aromatic heterocycles. The van der Waals surface area contributed by atoms with E-state index in [4.69, 9.17) is 11.6 Å². The fourth-order valence-corrected chi connectivity index (χ4v) is 2.74. The summed E-state index contributed by atoms with van der Waals surface area (Å²) in [5.74, 6) is -3.60. The Morgan fingerprint density at radius 2 is 1.66 bits per heavy atom. The van der Waals surface area contributed by atoms with Crippen molar-refractivity contribution in [2.45, 2.75) is 24.3 Å². The Morgan fingerprint density at radius 3 is 2.16 bits per heavy atom. The van der Waals surface area contributed by atoms with E-state index in [0.29, 0.717) is 0 Å². The second kappa shape index (κ2) is 9.78. The number of nitrogens with one attached hydrogen (secondary N) is 2. The van der Waals surface area contributed by atoms with E-state index in [2.05, 4.69) is 21.1 Å². The Bertz CT molecular complexity index is 967. The molecule has 0 fully saturated rings.